The molecule has 1 rings (SSSR count). The van der Waals surface area contributed by atoms with Crippen LogP contribution in [0.5, 0.6) is 11.5 Å². The van der Waals surface area contributed by atoms with Gasteiger partial charge in [0.2, 0.25) is 0 Å². The third-order valence-electron chi connectivity index (χ3n) is 2.51. The first-order chi connectivity index (χ1) is 9.06. The largest absolute Gasteiger partial charge is 0.490 e. The van der Waals surface area contributed by atoms with Crippen LogP contribution in [0.15, 0.2) is 18.2 Å². The maximum atomic E-state index is 8.79. The number of ether oxygens (including phenoxy) is 2. The maximum Gasteiger partial charge on any atom is 0.181 e. The summed E-state index contributed by atoms with van der Waals surface area (Å²) in [5.74, 6) is 1.30. The first kappa shape index (κ1) is 15.3. The summed E-state index contributed by atoms with van der Waals surface area (Å²) in [5.41, 5.74) is 1.13. The molecule has 0 aromatic heterocycles. The number of hydrogen-bond donors (Lipinski definition) is 1. The Hall–Kier alpha value is -1.73. The molecule has 104 valence electrons. The predicted molar refractivity (Wildman–Crippen MR) is 75.3 cm³/mol. The summed E-state index contributed by atoms with van der Waals surface area (Å²) in [4.78, 5) is 0. The van der Waals surface area contributed by atoms with Gasteiger partial charge >= 0.3 is 0 Å². The quantitative estimate of drug-likeness (QED) is 0.821. The number of nitrogens with zero attached hydrogens (tertiary/aromatic N) is 1. The fourth-order valence-electron chi connectivity index (χ4n) is 1.57. The van der Waals surface area contributed by atoms with Crippen molar-refractivity contribution in [2.45, 2.75) is 46.4 Å². The Kier molecular flexibility index (Phi) is 6.17. The summed E-state index contributed by atoms with van der Waals surface area (Å²) in [6.07, 6.45) is -0.487. The van der Waals surface area contributed by atoms with E-state index in [0.717, 1.165) is 12.1 Å². The summed E-state index contributed by atoms with van der Waals surface area (Å²) in [7, 11) is 0. The van der Waals surface area contributed by atoms with Gasteiger partial charge in [-0.1, -0.05) is 19.9 Å². The van der Waals surface area contributed by atoms with Gasteiger partial charge in [0, 0.05) is 12.6 Å². The Labute approximate surface area is 115 Å². The van der Waals surface area contributed by atoms with Gasteiger partial charge in [0.05, 0.1) is 6.61 Å². The molecule has 0 spiro atoms. The molecule has 1 N–H and O–H groups in total. The van der Waals surface area contributed by atoms with Crippen LogP contribution in [-0.2, 0) is 6.54 Å². The van der Waals surface area contributed by atoms with Crippen molar-refractivity contribution in [3.8, 4) is 17.6 Å². The van der Waals surface area contributed by atoms with Crippen LogP contribution in [0, 0.1) is 11.3 Å². The Morgan fingerprint density at radius 2 is 2.00 bits per heavy atom. The van der Waals surface area contributed by atoms with E-state index in [-0.39, 0.29) is 0 Å². The van der Waals surface area contributed by atoms with E-state index in [0.29, 0.717) is 24.1 Å². The molecule has 0 aliphatic carbocycles. The van der Waals surface area contributed by atoms with Crippen LogP contribution >= 0.6 is 0 Å². The van der Waals surface area contributed by atoms with E-state index in [2.05, 4.69) is 19.2 Å². The van der Waals surface area contributed by atoms with Crippen LogP contribution in [0.3, 0.4) is 0 Å². The van der Waals surface area contributed by atoms with Crippen molar-refractivity contribution in [2.75, 3.05) is 6.61 Å². The fraction of sp³-hybridized carbons (Fsp3) is 0.533. The molecule has 1 aromatic rings. The average molecular weight is 262 g/mol. The summed E-state index contributed by atoms with van der Waals surface area (Å²) < 4.78 is 11.1. The Balaban J connectivity index is 2.84. The minimum Gasteiger partial charge on any atom is -0.490 e. The summed E-state index contributed by atoms with van der Waals surface area (Å²) in [5, 5.41) is 12.1. The van der Waals surface area contributed by atoms with Gasteiger partial charge in [0.1, 0.15) is 6.07 Å². The number of benzene rings is 1. The van der Waals surface area contributed by atoms with Gasteiger partial charge in [-0.2, -0.15) is 5.26 Å². The molecule has 19 heavy (non-hydrogen) atoms. The highest BCUT2D eigenvalue weighted by Gasteiger charge is 2.10. The van der Waals surface area contributed by atoms with Gasteiger partial charge in [-0.15, -0.1) is 0 Å². The molecule has 0 saturated heterocycles. The highest BCUT2D eigenvalue weighted by molar-refractivity contribution is 5.43. The van der Waals surface area contributed by atoms with Gasteiger partial charge in [-0.25, -0.2) is 0 Å². The van der Waals surface area contributed by atoms with Crippen molar-refractivity contribution in [3.05, 3.63) is 23.8 Å². The Morgan fingerprint density at radius 1 is 1.26 bits per heavy atom. The lowest BCUT2D eigenvalue weighted by atomic mass is 10.2. The monoisotopic (exact) mass is 262 g/mol. The number of nitriles is 1. The third kappa shape index (κ3) is 5.19. The van der Waals surface area contributed by atoms with Crippen molar-refractivity contribution in [1.29, 1.82) is 5.26 Å². The zero-order valence-electron chi connectivity index (χ0n) is 12.1. The molecule has 0 fully saturated rings. The van der Waals surface area contributed by atoms with Crippen LogP contribution in [0.2, 0.25) is 0 Å². The molecule has 1 atom stereocenters. The van der Waals surface area contributed by atoms with E-state index in [4.69, 9.17) is 14.7 Å². The molecule has 4 heteroatoms. The van der Waals surface area contributed by atoms with Crippen molar-refractivity contribution >= 4 is 0 Å². The van der Waals surface area contributed by atoms with Crippen LogP contribution in [0.4, 0.5) is 0 Å². The van der Waals surface area contributed by atoms with E-state index in [1.54, 1.807) is 6.92 Å². The minimum atomic E-state index is -0.487. The molecule has 0 saturated carbocycles. The molecule has 0 aliphatic rings. The average Bonchev–Trinajstić information content (AvgIpc) is 2.39. The van der Waals surface area contributed by atoms with Crippen LogP contribution in [-0.4, -0.2) is 18.8 Å². The molecule has 0 radical (unpaired) electrons. The SMILES string of the molecule is CCOc1cc(CNC(C)C)ccc1OC(C)C#N. The lowest BCUT2D eigenvalue weighted by Crippen LogP contribution is -2.21. The molecule has 1 aromatic carbocycles. The van der Waals surface area contributed by atoms with E-state index < -0.39 is 6.10 Å². The zero-order valence-corrected chi connectivity index (χ0v) is 12.1. The second-order valence-corrected chi connectivity index (χ2v) is 4.64. The number of nitrogens with one attached hydrogen (secondary N) is 1. The summed E-state index contributed by atoms with van der Waals surface area (Å²) in [6, 6.07) is 8.28. The minimum absolute atomic E-state index is 0.435. The molecule has 0 amide bonds. The number of hydrogen-bond acceptors (Lipinski definition) is 4. The first-order valence-corrected chi connectivity index (χ1v) is 6.62. The topological polar surface area (TPSA) is 54.3 Å². The van der Waals surface area contributed by atoms with Gasteiger partial charge in [-0.3, -0.25) is 0 Å². The maximum absolute atomic E-state index is 8.79. The highest BCUT2D eigenvalue weighted by Crippen LogP contribution is 2.29. The lowest BCUT2D eigenvalue weighted by Gasteiger charge is -2.15. The molecule has 0 bridgehead atoms. The second kappa shape index (κ2) is 7.65. The fourth-order valence-corrected chi connectivity index (χ4v) is 1.57. The summed E-state index contributed by atoms with van der Waals surface area (Å²) in [6.45, 7) is 9.20. The lowest BCUT2D eigenvalue weighted by molar-refractivity contribution is 0.249. The standard InChI is InChI=1S/C15H22N2O2/c1-5-18-15-8-13(10-17-11(2)3)6-7-14(15)19-12(4)9-16/h6-8,11-12,17H,5,10H2,1-4H3. The zero-order chi connectivity index (χ0) is 14.3. The van der Waals surface area contributed by atoms with Gasteiger partial charge in [-0.05, 0) is 31.5 Å². The number of rotatable bonds is 7. The third-order valence-corrected chi connectivity index (χ3v) is 2.51. The smallest absolute Gasteiger partial charge is 0.181 e. The molecule has 0 heterocycles. The Morgan fingerprint density at radius 3 is 2.58 bits per heavy atom. The van der Waals surface area contributed by atoms with Crippen molar-refractivity contribution in [2.24, 2.45) is 0 Å². The Bertz CT molecular complexity index is 438. The highest BCUT2D eigenvalue weighted by atomic mass is 16.5. The van der Waals surface area contributed by atoms with Crippen molar-refractivity contribution in [3.63, 3.8) is 0 Å². The van der Waals surface area contributed by atoms with Crippen molar-refractivity contribution < 1.29 is 9.47 Å². The van der Waals surface area contributed by atoms with Gasteiger partial charge < -0.3 is 14.8 Å². The van der Waals surface area contributed by atoms with E-state index >= 15 is 0 Å². The summed E-state index contributed by atoms with van der Waals surface area (Å²) >= 11 is 0. The van der Waals surface area contributed by atoms with Crippen LogP contribution in [0.1, 0.15) is 33.3 Å². The van der Waals surface area contributed by atoms with E-state index in [1.807, 2.05) is 31.2 Å². The van der Waals surface area contributed by atoms with Crippen LogP contribution in [0.25, 0.3) is 0 Å². The molecular weight excluding hydrogens is 240 g/mol. The van der Waals surface area contributed by atoms with E-state index in [9.17, 15) is 0 Å². The first-order valence-electron chi connectivity index (χ1n) is 6.62. The molecule has 1 unspecified atom stereocenters. The second-order valence-electron chi connectivity index (χ2n) is 4.64. The normalized spacial score (nSPS) is 12.0. The predicted octanol–water partition coefficient (Wildman–Crippen LogP) is 2.87. The van der Waals surface area contributed by atoms with Gasteiger partial charge in [0.15, 0.2) is 17.6 Å². The molecular formula is C15H22N2O2. The van der Waals surface area contributed by atoms with E-state index in [1.165, 1.54) is 0 Å². The molecule has 0 aliphatic heterocycles. The van der Waals surface area contributed by atoms with Crippen LogP contribution < -0.4 is 14.8 Å². The molecule has 4 nitrogen and oxygen atoms in total. The van der Waals surface area contributed by atoms with Gasteiger partial charge in [0.25, 0.3) is 0 Å². The van der Waals surface area contributed by atoms with Crippen molar-refractivity contribution in [1.82, 2.24) is 5.32 Å².